The van der Waals surface area contributed by atoms with Crippen molar-refractivity contribution in [2.24, 2.45) is 0 Å². The first kappa shape index (κ1) is 26.4. The molecule has 200 valence electrons. The highest BCUT2D eigenvalue weighted by Crippen LogP contribution is 2.34. The van der Waals surface area contributed by atoms with Gasteiger partial charge in [0.2, 0.25) is 0 Å². The highest BCUT2D eigenvalue weighted by atomic mass is 32.2. The van der Waals surface area contributed by atoms with Crippen LogP contribution in [-0.2, 0) is 15.4 Å². The van der Waals surface area contributed by atoms with Gasteiger partial charge in [-0.1, -0.05) is 24.3 Å². The summed E-state index contributed by atoms with van der Waals surface area (Å²) < 4.78 is 23.7. The van der Waals surface area contributed by atoms with Crippen molar-refractivity contribution in [1.82, 2.24) is 14.9 Å². The SMILES string of the molecule is CC(C)N1CCN(c2ccc(-c3cc4[nH]c(-c5ccc(S(C)(=O)=O)cc5)cc4c(C(C)(C)O)n3)cc2)CC1. The second kappa shape index (κ2) is 9.84. The van der Waals surface area contributed by atoms with Crippen LogP contribution < -0.4 is 4.90 Å². The number of aromatic amines is 1. The standard InChI is InChI=1S/C30H36N4O3S/c1-20(2)33-14-16-34(17-15-33)23-10-6-21(7-11-23)27-19-28-25(29(32-27)30(3,4)35)18-26(31-28)22-8-12-24(13-9-22)38(5,36)37/h6-13,18-20,31,35H,14-17H2,1-5H3. The van der Waals surface area contributed by atoms with E-state index in [4.69, 9.17) is 4.98 Å². The Morgan fingerprint density at radius 2 is 1.53 bits per heavy atom. The lowest BCUT2D eigenvalue weighted by molar-refractivity contribution is 0.0757. The van der Waals surface area contributed by atoms with E-state index in [0.717, 1.165) is 59.6 Å². The van der Waals surface area contributed by atoms with Crippen molar-refractivity contribution in [2.75, 3.05) is 37.3 Å². The van der Waals surface area contributed by atoms with Gasteiger partial charge in [0.05, 0.1) is 16.3 Å². The number of piperazine rings is 1. The van der Waals surface area contributed by atoms with Crippen LogP contribution in [0.1, 0.15) is 33.4 Å². The van der Waals surface area contributed by atoms with Crippen LogP contribution in [0.3, 0.4) is 0 Å². The molecule has 2 aromatic carbocycles. The maximum absolute atomic E-state index is 11.8. The Kier molecular flexibility index (Phi) is 6.84. The number of H-pyrrole nitrogens is 1. The van der Waals surface area contributed by atoms with Crippen molar-refractivity contribution < 1.29 is 13.5 Å². The first-order valence-electron chi connectivity index (χ1n) is 13.1. The summed E-state index contributed by atoms with van der Waals surface area (Å²) in [5.41, 5.74) is 4.98. The van der Waals surface area contributed by atoms with Crippen LogP contribution in [0, 0.1) is 0 Å². The van der Waals surface area contributed by atoms with E-state index >= 15 is 0 Å². The van der Waals surface area contributed by atoms with Gasteiger partial charge in [0.15, 0.2) is 9.84 Å². The number of anilines is 1. The molecule has 7 nitrogen and oxygen atoms in total. The fourth-order valence-electron chi connectivity index (χ4n) is 5.12. The summed E-state index contributed by atoms with van der Waals surface area (Å²) in [4.78, 5) is 13.6. The van der Waals surface area contributed by atoms with Crippen molar-refractivity contribution >= 4 is 26.4 Å². The summed E-state index contributed by atoms with van der Waals surface area (Å²) in [6, 6.07) is 19.9. The Morgan fingerprint density at radius 3 is 2.08 bits per heavy atom. The number of rotatable bonds is 6. The van der Waals surface area contributed by atoms with E-state index in [9.17, 15) is 13.5 Å². The fraction of sp³-hybridized carbons (Fsp3) is 0.367. The normalized spacial score (nSPS) is 15.5. The lowest BCUT2D eigenvalue weighted by atomic mass is 9.99. The molecule has 3 heterocycles. The summed E-state index contributed by atoms with van der Waals surface area (Å²) in [6.07, 6.45) is 1.20. The number of sulfone groups is 1. The third-order valence-electron chi connectivity index (χ3n) is 7.36. The zero-order chi connectivity index (χ0) is 27.2. The molecule has 0 atom stereocenters. The highest BCUT2D eigenvalue weighted by molar-refractivity contribution is 7.90. The Hall–Kier alpha value is -3.20. The minimum atomic E-state index is -3.26. The van der Waals surface area contributed by atoms with Crippen molar-refractivity contribution in [3.8, 4) is 22.5 Å². The number of aromatic nitrogens is 2. The molecular formula is C30H36N4O3S. The van der Waals surface area contributed by atoms with Gasteiger partial charge in [-0.2, -0.15) is 0 Å². The van der Waals surface area contributed by atoms with Crippen LogP contribution in [0.2, 0.25) is 0 Å². The molecule has 1 saturated heterocycles. The van der Waals surface area contributed by atoms with Crippen LogP contribution in [0.25, 0.3) is 33.4 Å². The van der Waals surface area contributed by atoms with Crippen LogP contribution in [0.5, 0.6) is 0 Å². The van der Waals surface area contributed by atoms with Crippen molar-refractivity contribution in [1.29, 1.82) is 0 Å². The van der Waals surface area contributed by atoms with Gasteiger partial charge in [-0.25, -0.2) is 13.4 Å². The predicted molar refractivity (Wildman–Crippen MR) is 154 cm³/mol. The number of benzene rings is 2. The van der Waals surface area contributed by atoms with E-state index in [1.165, 1.54) is 11.9 Å². The van der Waals surface area contributed by atoms with Gasteiger partial charge < -0.3 is 15.0 Å². The molecule has 8 heteroatoms. The van der Waals surface area contributed by atoms with Gasteiger partial charge in [0.1, 0.15) is 5.60 Å². The van der Waals surface area contributed by atoms with E-state index in [1.807, 2.05) is 12.1 Å². The maximum Gasteiger partial charge on any atom is 0.175 e. The second-order valence-corrected chi connectivity index (χ2v) is 13.0. The van der Waals surface area contributed by atoms with Gasteiger partial charge in [-0.05, 0) is 69.7 Å². The number of nitrogens with one attached hydrogen (secondary N) is 1. The quantitative estimate of drug-likeness (QED) is 0.361. The van der Waals surface area contributed by atoms with E-state index in [-0.39, 0.29) is 4.90 Å². The summed E-state index contributed by atoms with van der Waals surface area (Å²) in [7, 11) is -3.26. The molecule has 0 spiro atoms. The average molecular weight is 533 g/mol. The molecule has 5 rings (SSSR count). The summed E-state index contributed by atoms with van der Waals surface area (Å²) >= 11 is 0. The van der Waals surface area contributed by atoms with E-state index < -0.39 is 15.4 Å². The van der Waals surface area contributed by atoms with E-state index in [2.05, 4.69) is 52.9 Å². The molecule has 1 aliphatic rings. The molecule has 2 N–H and O–H groups in total. The van der Waals surface area contributed by atoms with E-state index in [1.54, 1.807) is 38.1 Å². The molecule has 38 heavy (non-hydrogen) atoms. The Bertz CT molecular complexity index is 1540. The minimum absolute atomic E-state index is 0.281. The molecule has 1 aliphatic heterocycles. The smallest absolute Gasteiger partial charge is 0.175 e. The molecule has 4 aromatic rings. The Labute approximate surface area is 225 Å². The number of pyridine rings is 1. The summed E-state index contributed by atoms with van der Waals surface area (Å²) in [5, 5.41) is 11.8. The topological polar surface area (TPSA) is 89.5 Å². The van der Waals surface area contributed by atoms with Gasteiger partial charge in [0, 0.05) is 66.3 Å². The van der Waals surface area contributed by atoms with Crippen LogP contribution in [0.4, 0.5) is 5.69 Å². The second-order valence-electron chi connectivity index (χ2n) is 11.0. The lowest BCUT2D eigenvalue weighted by Crippen LogP contribution is -2.48. The highest BCUT2D eigenvalue weighted by Gasteiger charge is 2.24. The Balaban J connectivity index is 1.47. The minimum Gasteiger partial charge on any atom is -0.384 e. The zero-order valence-electron chi connectivity index (χ0n) is 22.7. The first-order valence-corrected chi connectivity index (χ1v) is 15.0. The largest absolute Gasteiger partial charge is 0.384 e. The maximum atomic E-state index is 11.8. The van der Waals surface area contributed by atoms with Crippen LogP contribution in [-0.4, -0.2) is 66.9 Å². The molecule has 2 aromatic heterocycles. The van der Waals surface area contributed by atoms with Gasteiger partial charge >= 0.3 is 0 Å². The number of aliphatic hydroxyl groups is 1. The zero-order valence-corrected chi connectivity index (χ0v) is 23.5. The summed E-state index contributed by atoms with van der Waals surface area (Å²) in [6.45, 7) is 12.1. The third kappa shape index (κ3) is 5.34. The molecular weight excluding hydrogens is 496 g/mol. The number of hydrogen-bond acceptors (Lipinski definition) is 6. The molecule has 1 fully saturated rings. The van der Waals surface area contributed by atoms with Crippen LogP contribution >= 0.6 is 0 Å². The molecule has 0 saturated carbocycles. The molecule has 0 unspecified atom stereocenters. The monoisotopic (exact) mass is 532 g/mol. The fourth-order valence-corrected chi connectivity index (χ4v) is 5.75. The molecule has 0 aliphatic carbocycles. The van der Waals surface area contributed by atoms with Gasteiger partial charge in [-0.3, -0.25) is 4.90 Å². The number of hydrogen-bond donors (Lipinski definition) is 2. The molecule has 0 radical (unpaired) electrons. The molecule has 0 bridgehead atoms. The van der Waals surface area contributed by atoms with E-state index in [0.29, 0.717) is 11.7 Å². The van der Waals surface area contributed by atoms with Gasteiger partial charge in [0.25, 0.3) is 0 Å². The summed E-state index contributed by atoms with van der Waals surface area (Å²) in [5.74, 6) is 0. The van der Waals surface area contributed by atoms with Crippen molar-refractivity contribution in [3.05, 3.63) is 66.4 Å². The number of fused-ring (bicyclic) bond motifs is 1. The average Bonchev–Trinajstić information content (AvgIpc) is 3.31. The number of nitrogens with zero attached hydrogens (tertiary/aromatic N) is 3. The lowest BCUT2D eigenvalue weighted by Gasteiger charge is -2.38. The van der Waals surface area contributed by atoms with Crippen molar-refractivity contribution in [2.45, 2.75) is 44.2 Å². The third-order valence-corrected chi connectivity index (χ3v) is 8.49. The van der Waals surface area contributed by atoms with Crippen LogP contribution in [0.15, 0.2) is 65.6 Å². The van der Waals surface area contributed by atoms with Crippen molar-refractivity contribution in [3.63, 3.8) is 0 Å². The molecule has 0 amide bonds. The Morgan fingerprint density at radius 1 is 0.921 bits per heavy atom. The van der Waals surface area contributed by atoms with Gasteiger partial charge in [-0.15, -0.1) is 0 Å². The first-order chi connectivity index (χ1) is 17.9. The predicted octanol–water partition coefficient (Wildman–Crippen LogP) is 5.06.